The second-order valence-corrected chi connectivity index (χ2v) is 11.2. The lowest BCUT2D eigenvalue weighted by Gasteiger charge is -2.49. The highest BCUT2D eigenvalue weighted by Gasteiger charge is 2.54. The summed E-state index contributed by atoms with van der Waals surface area (Å²) in [5.41, 5.74) is 4.65. The molecule has 2 aliphatic rings. The van der Waals surface area contributed by atoms with E-state index in [1.807, 2.05) is 0 Å². The SMILES string of the molecule is CC(=O)OC/C=C\C1=C(C(=O)OCOC(=O)C(C)(C)C)N2C(=O)[C@@H](NC(=O)/C(=N\O)c3csc(N)n3)[C@H]2SC1. The van der Waals surface area contributed by atoms with E-state index in [0.29, 0.717) is 5.57 Å². The molecule has 4 N–H and O–H groups in total. The van der Waals surface area contributed by atoms with Crippen molar-refractivity contribution < 1.29 is 43.4 Å². The van der Waals surface area contributed by atoms with Crippen LogP contribution in [0.1, 0.15) is 33.4 Å². The molecule has 1 fully saturated rings. The molecule has 1 saturated heterocycles. The molecule has 1 aromatic heterocycles. The number of allylic oxidation sites excluding steroid dienone is 1. The van der Waals surface area contributed by atoms with Gasteiger partial charge < -0.3 is 30.5 Å². The van der Waals surface area contributed by atoms with Gasteiger partial charge in [-0.2, -0.15) is 0 Å². The molecule has 14 nitrogen and oxygen atoms in total. The minimum atomic E-state index is -1.05. The standard InChI is InChI=1S/C23H27N5O9S2/c1-11(29)35-7-5-6-12-8-38-19-15(26-17(30)14(27-34)13-9-39-22(24)25-13)18(31)28(19)16(12)20(32)36-10-37-21(33)23(2,3)4/h5-6,9,15,19,34H,7-8,10H2,1-4H3,(H2,24,25)(H,26,30)/b6-5-,27-14-/t15-,19-/m1/s1. The van der Waals surface area contributed by atoms with Crippen molar-refractivity contribution >= 4 is 63.7 Å². The number of anilines is 1. The lowest BCUT2D eigenvalue weighted by molar-refractivity contribution is -0.173. The van der Waals surface area contributed by atoms with Crippen LogP contribution >= 0.6 is 23.1 Å². The Hall–Kier alpha value is -3.92. The van der Waals surface area contributed by atoms with E-state index in [0.717, 1.165) is 16.2 Å². The third-order valence-corrected chi connectivity index (χ3v) is 7.23. The van der Waals surface area contributed by atoms with Crippen LogP contribution in [0.15, 0.2) is 34.0 Å². The number of nitrogen functional groups attached to an aromatic ring is 1. The van der Waals surface area contributed by atoms with Crippen molar-refractivity contribution in [1.29, 1.82) is 0 Å². The van der Waals surface area contributed by atoms with E-state index < -0.39 is 59.1 Å². The Labute approximate surface area is 231 Å². The number of thiazole rings is 1. The molecule has 1 aromatic rings. The van der Waals surface area contributed by atoms with Crippen LogP contribution in [0.3, 0.4) is 0 Å². The maximum absolute atomic E-state index is 13.1. The molecule has 0 spiro atoms. The van der Waals surface area contributed by atoms with E-state index in [1.165, 1.54) is 36.2 Å². The van der Waals surface area contributed by atoms with E-state index in [9.17, 15) is 29.2 Å². The van der Waals surface area contributed by atoms with Gasteiger partial charge in [-0.25, -0.2) is 9.78 Å². The second kappa shape index (κ2) is 12.3. The summed E-state index contributed by atoms with van der Waals surface area (Å²) in [6.07, 6.45) is 3.02. The zero-order chi connectivity index (χ0) is 28.9. The van der Waals surface area contributed by atoms with E-state index in [2.05, 4.69) is 15.5 Å². The summed E-state index contributed by atoms with van der Waals surface area (Å²) in [4.78, 5) is 67.0. The molecule has 3 rings (SSSR count). The van der Waals surface area contributed by atoms with Crippen molar-refractivity contribution in [3.63, 3.8) is 0 Å². The first-order valence-corrected chi connectivity index (χ1v) is 13.3. The molecule has 0 aromatic carbocycles. The molecule has 0 saturated carbocycles. The summed E-state index contributed by atoms with van der Waals surface area (Å²) in [7, 11) is 0. The molecule has 0 radical (unpaired) electrons. The number of hydrogen-bond donors (Lipinski definition) is 3. The van der Waals surface area contributed by atoms with Gasteiger partial charge in [0.15, 0.2) is 10.8 Å². The van der Waals surface area contributed by atoms with E-state index in [-0.39, 0.29) is 28.9 Å². The second-order valence-electron chi connectivity index (χ2n) is 9.19. The lowest BCUT2D eigenvalue weighted by Crippen LogP contribution is -2.71. The van der Waals surface area contributed by atoms with Crippen molar-refractivity contribution in [2.24, 2.45) is 10.6 Å². The Morgan fingerprint density at radius 1 is 1.28 bits per heavy atom. The number of oxime groups is 1. The van der Waals surface area contributed by atoms with Crippen LogP contribution in [0, 0.1) is 5.41 Å². The van der Waals surface area contributed by atoms with Gasteiger partial charge in [-0.1, -0.05) is 11.2 Å². The van der Waals surface area contributed by atoms with E-state index in [4.69, 9.17) is 19.9 Å². The highest BCUT2D eigenvalue weighted by atomic mass is 32.2. The maximum Gasteiger partial charge on any atom is 0.358 e. The minimum Gasteiger partial charge on any atom is -0.462 e. The number of amides is 2. The number of β-lactam (4-membered cyclic amide) rings is 1. The summed E-state index contributed by atoms with van der Waals surface area (Å²) in [5, 5.41) is 15.7. The fourth-order valence-corrected chi connectivity index (χ4v) is 5.22. The number of thioether (sulfide) groups is 1. The molecule has 3 heterocycles. The third-order valence-electron chi connectivity index (χ3n) is 5.25. The van der Waals surface area contributed by atoms with Crippen LogP contribution in [0.25, 0.3) is 0 Å². The van der Waals surface area contributed by atoms with Crippen molar-refractivity contribution in [3.05, 3.63) is 34.5 Å². The Morgan fingerprint density at radius 2 is 2.00 bits per heavy atom. The predicted octanol–water partition coefficient (Wildman–Crippen LogP) is 0.767. The summed E-state index contributed by atoms with van der Waals surface area (Å²) < 4.78 is 15.0. The third kappa shape index (κ3) is 6.94. The molecule has 16 heteroatoms. The monoisotopic (exact) mass is 581 g/mol. The van der Waals surface area contributed by atoms with Crippen LogP contribution in [0.5, 0.6) is 0 Å². The Bertz CT molecular complexity index is 1260. The van der Waals surface area contributed by atoms with Gasteiger partial charge in [-0.15, -0.1) is 23.1 Å². The topological polar surface area (TPSA) is 200 Å². The van der Waals surface area contributed by atoms with Crippen LogP contribution in [0.2, 0.25) is 0 Å². The first-order valence-electron chi connectivity index (χ1n) is 11.4. The van der Waals surface area contributed by atoms with Crippen molar-refractivity contribution in [1.82, 2.24) is 15.2 Å². The lowest BCUT2D eigenvalue weighted by atomic mass is 9.98. The average Bonchev–Trinajstić information content (AvgIpc) is 3.29. The first kappa shape index (κ1) is 29.6. The van der Waals surface area contributed by atoms with Gasteiger partial charge in [0.05, 0.1) is 5.41 Å². The summed E-state index contributed by atoms with van der Waals surface area (Å²) in [6, 6.07) is -1.05. The number of fused-ring (bicyclic) bond motifs is 1. The molecule has 0 aliphatic carbocycles. The Morgan fingerprint density at radius 3 is 2.59 bits per heavy atom. The molecule has 2 amide bonds. The molecule has 2 atom stereocenters. The van der Waals surface area contributed by atoms with Crippen LogP contribution in [-0.4, -0.2) is 81.1 Å². The number of rotatable bonds is 9. The Balaban J connectivity index is 1.77. The smallest absolute Gasteiger partial charge is 0.358 e. The average molecular weight is 582 g/mol. The molecule has 210 valence electrons. The van der Waals surface area contributed by atoms with Gasteiger partial charge >= 0.3 is 17.9 Å². The van der Waals surface area contributed by atoms with Gasteiger partial charge in [0.1, 0.15) is 29.4 Å². The van der Waals surface area contributed by atoms with Crippen LogP contribution < -0.4 is 11.1 Å². The van der Waals surface area contributed by atoms with Crippen LogP contribution in [-0.2, 0) is 38.2 Å². The normalized spacial score (nSPS) is 19.3. The van der Waals surface area contributed by atoms with Crippen molar-refractivity contribution in [3.8, 4) is 0 Å². The molecule has 2 aliphatic heterocycles. The van der Waals surface area contributed by atoms with Crippen molar-refractivity contribution in [2.45, 2.75) is 39.1 Å². The number of hydrogen-bond acceptors (Lipinski definition) is 14. The molecular weight excluding hydrogens is 554 g/mol. The number of aromatic nitrogens is 1. The van der Waals surface area contributed by atoms with Gasteiger partial charge in [-0.05, 0) is 32.4 Å². The molecule has 0 bridgehead atoms. The zero-order valence-corrected chi connectivity index (χ0v) is 23.1. The highest BCUT2D eigenvalue weighted by molar-refractivity contribution is 8.00. The van der Waals surface area contributed by atoms with Gasteiger partial charge in [-0.3, -0.25) is 24.1 Å². The Kier molecular flexibility index (Phi) is 9.34. The maximum atomic E-state index is 13.1. The molecule has 0 unspecified atom stereocenters. The number of carbonyl (C=O) groups is 5. The number of nitrogens with zero attached hydrogens (tertiary/aromatic N) is 3. The summed E-state index contributed by atoms with van der Waals surface area (Å²) in [5.74, 6) is -3.27. The van der Waals surface area contributed by atoms with E-state index >= 15 is 0 Å². The molecule has 39 heavy (non-hydrogen) atoms. The minimum absolute atomic E-state index is 0.0339. The molecular formula is C23H27N5O9S2. The number of esters is 3. The quantitative estimate of drug-likeness (QED) is 0.0925. The van der Waals surface area contributed by atoms with Crippen molar-refractivity contribution in [2.75, 3.05) is 24.9 Å². The summed E-state index contributed by atoms with van der Waals surface area (Å²) >= 11 is 2.29. The largest absolute Gasteiger partial charge is 0.462 e. The number of ether oxygens (including phenoxy) is 3. The number of carbonyl (C=O) groups excluding carboxylic acids is 5. The van der Waals surface area contributed by atoms with Gasteiger partial charge in [0.25, 0.3) is 11.8 Å². The van der Waals surface area contributed by atoms with Gasteiger partial charge in [0.2, 0.25) is 6.79 Å². The number of nitrogens with one attached hydrogen (secondary N) is 1. The number of nitrogens with two attached hydrogens (primary N) is 1. The zero-order valence-electron chi connectivity index (χ0n) is 21.5. The highest BCUT2D eigenvalue weighted by Crippen LogP contribution is 2.41. The van der Waals surface area contributed by atoms with E-state index in [1.54, 1.807) is 20.8 Å². The first-order chi connectivity index (χ1) is 18.3. The predicted molar refractivity (Wildman–Crippen MR) is 139 cm³/mol. The fraction of sp³-hybridized carbons (Fsp3) is 0.435. The van der Waals surface area contributed by atoms with Gasteiger partial charge in [0, 0.05) is 18.1 Å². The van der Waals surface area contributed by atoms with Crippen LogP contribution in [0.4, 0.5) is 5.13 Å². The fourth-order valence-electron chi connectivity index (χ4n) is 3.36. The summed E-state index contributed by atoms with van der Waals surface area (Å²) in [6.45, 7) is 5.43.